The molecule has 0 fully saturated rings. The van der Waals surface area contributed by atoms with E-state index in [0.29, 0.717) is 0 Å². The Hall–Kier alpha value is -1.90. The maximum Gasteiger partial charge on any atom is 0.212 e. The third-order valence-corrected chi connectivity index (χ3v) is 4.22. The van der Waals surface area contributed by atoms with E-state index in [1.807, 2.05) is 0 Å². The minimum Gasteiger partial charge on any atom is -0.376 e. The third kappa shape index (κ3) is 2.40. The highest BCUT2D eigenvalue weighted by Crippen LogP contribution is 2.45. The number of nitrogens with one attached hydrogen (secondary N) is 1. The predicted octanol–water partition coefficient (Wildman–Crippen LogP) is 4.35. The summed E-state index contributed by atoms with van der Waals surface area (Å²) in [4.78, 5) is 3.72. The van der Waals surface area contributed by atoms with Crippen LogP contribution < -0.4 is 5.32 Å². The van der Waals surface area contributed by atoms with Crippen molar-refractivity contribution in [2.75, 3.05) is 5.32 Å². The smallest absolute Gasteiger partial charge is 0.212 e. The first-order valence-corrected chi connectivity index (χ1v) is 7.02. The van der Waals surface area contributed by atoms with Crippen LogP contribution in [0.25, 0.3) is 0 Å². The summed E-state index contributed by atoms with van der Waals surface area (Å²) in [5.74, 6) is -0.446. The van der Waals surface area contributed by atoms with Crippen LogP contribution in [0.15, 0.2) is 42.6 Å². The number of rotatable bonds is 2. The van der Waals surface area contributed by atoms with Crippen LogP contribution >= 0.6 is 0 Å². The molecule has 1 aromatic heterocycles. The lowest BCUT2D eigenvalue weighted by Gasteiger charge is -2.41. The minimum absolute atomic E-state index is 0.155. The highest BCUT2D eigenvalue weighted by Gasteiger charge is 2.35. The zero-order chi connectivity index (χ0) is 14.2. The minimum atomic E-state index is -0.446. The molecule has 20 heavy (non-hydrogen) atoms. The molecule has 1 unspecified atom stereocenters. The zero-order valence-electron chi connectivity index (χ0n) is 11.9. The van der Waals surface area contributed by atoms with Crippen molar-refractivity contribution < 1.29 is 4.39 Å². The van der Waals surface area contributed by atoms with Gasteiger partial charge in [0.1, 0.15) is 0 Å². The molecule has 0 radical (unpaired) electrons. The van der Waals surface area contributed by atoms with Gasteiger partial charge in [0.15, 0.2) is 0 Å². The molecule has 1 aliphatic carbocycles. The Bertz CT molecular complexity index is 605. The van der Waals surface area contributed by atoms with Crippen LogP contribution in [0.1, 0.15) is 37.4 Å². The third-order valence-electron chi connectivity index (χ3n) is 4.22. The highest BCUT2D eigenvalue weighted by atomic mass is 19.1. The molecule has 2 aromatic rings. The molecule has 1 atom stereocenters. The lowest BCUT2D eigenvalue weighted by Crippen LogP contribution is -2.33. The molecular weight excluding hydrogens is 251 g/mol. The Balaban J connectivity index is 1.95. The topological polar surface area (TPSA) is 24.9 Å². The molecule has 0 bridgehead atoms. The number of hydrogen-bond donors (Lipinski definition) is 1. The lowest BCUT2D eigenvalue weighted by molar-refractivity contribution is 0.265. The summed E-state index contributed by atoms with van der Waals surface area (Å²) < 4.78 is 12.9. The quantitative estimate of drug-likeness (QED) is 0.821. The van der Waals surface area contributed by atoms with Crippen LogP contribution in [0.4, 0.5) is 10.1 Å². The molecule has 3 heteroatoms. The summed E-state index contributed by atoms with van der Waals surface area (Å²) in [6.07, 6.45) is 3.81. The van der Waals surface area contributed by atoms with Crippen LogP contribution in [0, 0.1) is 11.4 Å². The molecule has 0 aliphatic heterocycles. The van der Waals surface area contributed by atoms with Crippen LogP contribution in [0.5, 0.6) is 0 Å². The molecule has 0 saturated carbocycles. The van der Waals surface area contributed by atoms with Crippen molar-refractivity contribution in [1.29, 1.82) is 0 Å². The number of aryl methyl sites for hydroxylation is 1. The Kier molecular flexibility index (Phi) is 3.20. The van der Waals surface area contributed by atoms with Crippen molar-refractivity contribution in [3.05, 3.63) is 59.7 Å². The average molecular weight is 270 g/mol. The molecule has 0 saturated heterocycles. The molecular formula is C17H19FN2. The zero-order valence-corrected chi connectivity index (χ0v) is 11.9. The van der Waals surface area contributed by atoms with Crippen molar-refractivity contribution in [1.82, 2.24) is 4.98 Å². The van der Waals surface area contributed by atoms with Gasteiger partial charge in [0, 0.05) is 0 Å². The Morgan fingerprint density at radius 2 is 2.00 bits per heavy atom. The van der Waals surface area contributed by atoms with Gasteiger partial charge in [-0.25, -0.2) is 4.98 Å². The number of anilines is 1. The summed E-state index contributed by atoms with van der Waals surface area (Å²) in [7, 11) is 0. The molecule has 1 aliphatic rings. The Morgan fingerprint density at radius 3 is 2.75 bits per heavy atom. The van der Waals surface area contributed by atoms with Gasteiger partial charge in [0.05, 0.1) is 17.9 Å². The largest absolute Gasteiger partial charge is 0.376 e. The van der Waals surface area contributed by atoms with E-state index < -0.39 is 5.95 Å². The summed E-state index contributed by atoms with van der Waals surface area (Å²) in [5, 5.41) is 3.53. The number of fused-ring (bicyclic) bond motifs is 1. The number of aromatic nitrogens is 1. The van der Waals surface area contributed by atoms with E-state index in [9.17, 15) is 4.39 Å². The molecule has 1 aromatic carbocycles. The fraction of sp³-hybridized carbons (Fsp3) is 0.353. The summed E-state index contributed by atoms with van der Waals surface area (Å²) in [6, 6.07) is 11.9. The Labute approximate surface area is 119 Å². The summed E-state index contributed by atoms with van der Waals surface area (Å²) in [5.41, 5.74) is 3.76. The summed E-state index contributed by atoms with van der Waals surface area (Å²) in [6.45, 7) is 4.55. The van der Waals surface area contributed by atoms with Gasteiger partial charge in [-0.05, 0) is 41.5 Å². The van der Waals surface area contributed by atoms with Crippen LogP contribution in [-0.2, 0) is 6.42 Å². The second kappa shape index (κ2) is 4.89. The van der Waals surface area contributed by atoms with Crippen LogP contribution in [0.3, 0.4) is 0 Å². The normalized spacial score (nSPS) is 20.2. The van der Waals surface area contributed by atoms with Gasteiger partial charge in [0.25, 0.3) is 0 Å². The van der Waals surface area contributed by atoms with E-state index in [1.54, 1.807) is 12.3 Å². The van der Waals surface area contributed by atoms with Crippen LogP contribution in [0.2, 0.25) is 0 Å². The van der Waals surface area contributed by atoms with Gasteiger partial charge in [-0.3, -0.25) is 0 Å². The second-order valence-corrected chi connectivity index (χ2v) is 6.13. The fourth-order valence-electron chi connectivity index (χ4n) is 2.97. The van der Waals surface area contributed by atoms with Gasteiger partial charge >= 0.3 is 0 Å². The fourth-order valence-corrected chi connectivity index (χ4v) is 2.97. The number of halogens is 1. The van der Waals surface area contributed by atoms with Gasteiger partial charge in [-0.1, -0.05) is 38.1 Å². The molecule has 0 spiro atoms. The van der Waals surface area contributed by atoms with Crippen LogP contribution in [-0.4, -0.2) is 4.98 Å². The monoisotopic (exact) mass is 270 g/mol. The summed E-state index contributed by atoms with van der Waals surface area (Å²) >= 11 is 0. The van der Waals surface area contributed by atoms with E-state index in [2.05, 4.69) is 48.4 Å². The SMILES string of the molecule is CC1(C)CCc2ccccc2C1Nc1ccc(F)nc1. The lowest BCUT2D eigenvalue weighted by atomic mass is 9.70. The van der Waals surface area contributed by atoms with E-state index in [-0.39, 0.29) is 11.5 Å². The van der Waals surface area contributed by atoms with Gasteiger partial charge < -0.3 is 5.32 Å². The van der Waals surface area contributed by atoms with E-state index >= 15 is 0 Å². The maximum absolute atomic E-state index is 12.9. The highest BCUT2D eigenvalue weighted by molar-refractivity contribution is 5.46. The number of benzene rings is 1. The van der Waals surface area contributed by atoms with Crippen molar-refractivity contribution in [2.24, 2.45) is 5.41 Å². The first-order chi connectivity index (χ1) is 9.56. The molecule has 104 valence electrons. The van der Waals surface area contributed by atoms with Crippen molar-refractivity contribution in [3.63, 3.8) is 0 Å². The van der Waals surface area contributed by atoms with Gasteiger partial charge in [-0.15, -0.1) is 0 Å². The van der Waals surface area contributed by atoms with Crippen molar-refractivity contribution in [3.8, 4) is 0 Å². The first-order valence-electron chi connectivity index (χ1n) is 7.02. The second-order valence-electron chi connectivity index (χ2n) is 6.13. The number of pyridine rings is 1. The predicted molar refractivity (Wildman–Crippen MR) is 79.1 cm³/mol. The molecule has 3 rings (SSSR count). The van der Waals surface area contributed by atoms with Gasteiger partial charge in [-0.2, -0.15) is 4.39 Å². The first kappa shape index (κ1) is 13.1. The number of nitrogens with zero attached hydrogens (tertiary/aromatic N) is 1. The Morgan fingerprint density at radius 1 is 1.20 bits per heavy atom. The maximum atomic E-state index is 12.9. The molecule has 0 amide bonds. The van der Waals surface area contributed by atoms with Crippen molar-refractivity contribution in [2.45, 2.75) is 32.7 Å². The van der Waals surface area contributed by atoms with Crippen molar-refractivity contribution >= 4 is 5.69 Å². The molecule has 1 heterocycles. The molecule has 2 nitrogen and oxygen atoms in total. The molecule has 1 N–H and O–H groups in total. The average Bonchev–Trinajstić information content (AvgIpc) is 2.44. The standard InChI is InChI=1S/C17H19FN2/c1-17(2)10-9-12-5-3-4-6-14(12)16(17)20-13-7-8-15(18)19-11-13/h3-8,11,16,20H,9-10H2,1-2H3. The van der Waals surface area contributed by atoms with E-state index in [1.165, 1.54) is 17.2 Å². The van der Waals surface area contributed by atoms with E-state index in [4.69, 9.17) is 0 Å². The number of hydrogen-bond acceptors (Lipinski definition) is 2. The van der Waals surface area contributed by atoms with Gasteiger partial charge in [0.2, 0.25) is 5.95 Å². The van der Waals surface area contributed by atoms with E-state index in [0.717, 1.165) is 18.5 Å².